The number of hydrogen-bond acceptors (Lipinski definition) is 3. The molecule has 2 aliphatic rings. The second-order valence-corrected chi connectivity index (χ2v) is 8.74. The van der Waals surface area contributed by atoms with Gasteiger partial charge >= 0.3 is 5.97 Å². The lowest BCUT2D eigenvalue weighted by Crippen LogP contribution is -2.07. The minimum absolute atomic E-state index is 0.318. The first-order chi connectivity index (χ1) is 15.1. The van der Waals surface area contributed by atoms with E-state index in [1.54, 1.807) is 6.07 Å². The Morgan fingerprint density at radius 3 is 2.68 bits per heavy atom. The molecule has 1 N–H and O–H groups in total. The van der Waals surface area contributed by atoms with Gasteiger partial charge in [-0.2, -0.15) is 0 Å². The van der Waals surface area contributed by atoms with Gasteiger partial charge in [0.05, 0.1) is 29.0 Å². The number of carboxylic acids is 1. The summed E-state index contributed by atoms with van der Waals surface area (Å²) in [7, 11) is 0. The van der Waals surface area contributed by atoms with E-state index in [0.29, 0.717) is 18.0 Å². The van der Waals surface area contributed by atoms with Gasteiger partial charge in [-0.25, -0.2) is 4.79 Å². The van der Waals surface area contributed by atoms with Gasteiger partial charge in [0.15, 0.2) is 5.82 Å². The van der Waals surface area contributed by atoms with Crippen molar-refractivity contribution in [1.29, 1.82) is 0 Å². The zero-order valence-electron chi connectivity index (χ0n) is 17.5. The van der Waals surface area contributed by atoms with Crippen molar-refractivity contribution in [3.05, 3.63) is 65.2 Å². The summed E-state index contributed by atoms with van der Waals surface area (Å²) in [5, 5.41) is 19.6. The van der Waals surface area contributed by atoms with Crippen LogP contribution in [0.4, 0.5) is 0 Å². The summed E-state index contributed by atoms with van der Waals surface area (Å²) in [6.45, 7) is 2.55. The van der Waals surface area contributed by atoms with Gasteiger partial charge in [0.2, 0.25) is 0 Å². The summed E-state index contributed by atoms with van der Waals surface area (Å²) in [5.74, 6) is 1.32. The van der Waals surface area contributed by atoms with Gasteiger partial charge in [-0.15, -0.1) is 10.2 Å². The molecule has 0 saturated heterocycles. The Balaban J connectivity index is 1.73. The molecule has 1 saturated carbocycles. The van der Waals surface area contributed by atoms with Crippen LogP contribution >= 0.6 is 0 Å². The van der Waals surface area contributed by atoms with E-state index in [-0.39, 0.29) is 0 Å². The number of aryl methyl sites for hydroxylation is 1. The van der Waals surface area contributed by atoms with Crippen LogP contribution in [0, 0.1) is 6.92 Å². The third-order valence-corrected chi connectivity index (χ3v) is 6.96. The van der Waals surface area contributed by atoms with Crippen LogP contribution < -0.4 is 0 Å². The molecule has 6 heteroatoms. The van der Waals surface area contributed by atoms with Crippen LogP contribution in [0.5, 0.6) is 0 Å². The molecule has 0 bridgehead atoms. The van der Waals surface area contributed by atoms with Gasteiger partial charge in [0.1, 0.15) is 5.82 Å². The average molecular weight is 412 g/mol. The number of carbonyl (C=O) groups is 1. The number of fused-ring (bicyclic) bond motifs is 7. The predicted octanol–water partition coefficient (Wildman–Crippen LogP) is 5.31. The average Bonchev–Trinajstić information content (AvgIpc) is 3.27. The fraction of sp³-hybridized carbons (Fsp3) is 0.320. The Morgan fingerprint density at radius 1 is 1.06 bits per heavy atom. The highest BCUT2D eigenvalue weighted by molar-refractivity contribution is 5.99. The monoisotopic (exact) mass is 412 g/mol. The van der Waals surface area contributed by atoms with E-state index in [1.807, 2.05) is 19.1 Å². The highest BCUT2D eigenvalue weighted by Gasteiger charge is 2.31. The Kier molecular flexibility index (Phi) is 4.03. The Bertz CT molecular complexity index is 1340. The Labute approximate surface area is 180 Å². The maximum atomic E-state index is 11.8. The largest absolute Gasteiger partial charge is 0.478 e. The van der Waals surface area contributed by atoms with Crippen LogP contribution in [0.3, 0.4) is 0 Å². The standard InChI is InChI=1S/C25H24N4O2/c1-15-26-27-22-14-28-21-13-17(25(30)31)11-12-18(21)23(16-7-3-2-4-8-16)24(28)19-9-5-6-10-20(19)29(15)22/h5-6,9-13,16H,2-4,7-8,14H2,1H3,(H,30,31). The molecule has 6 nitrogen and oxygen atoms in total. The molecule has 2 aromatic carbocycles. The Morgan fingerprint density at radius 2 is 1.87 bits per heavy atom. The van der Waals surface area contributed by atoms with E-state index >= 15 is 0 Å². The molecule has 0 radical (unpaired) electrons. The number of aromatic nitrogens is 4. The molecule has 1 aliphatic carbocycles. The van der Waals surface area contributed by atoms with Crippen molar-refractivity contribution >= 4 is 16.9 Å². The SMILES string of the molecule is Cc1nnc2n1-c1ccccc1-c1c(C3CCCCC3)c3ccc(C(=O)O)cc3n1C2. The lowest BCUT2D eigenvalue weighted by Gasteiger charge is -2.24. The molecule has 0 unspecified atom stereocenters. The fourth-order valence-corrected chi connectivity index (χ4v) is 5.60. The normalized spacial score (nSPS) is 15.9. The number of para-hydroxylation sites is 1. The van der Waals surface area contributed by atoms with Gasteiger partial charge in [-0.05, 0) is 49.4 Å². The summed E-state index contributed by atoms with van der Waals surface area (Å²) in [6, 6.07) is 14.0. The molecule has 6 rings (SSSR count). The van der Waals surface area contributed by atoms with Crippen molar-refractivity contribution in [1.82, 2.24) is 19.3 Å². The summed E-state index contributed by atoms with van der Waals surface area (Å²) >= 11 is 0. The number of hydrogen-bond donors (Lipinski definition) is 1. The highest BCUT2D eigenvalue weighted by Crippen LogP contribution is 2.46. The van der Waals surface area contributed by atoms with Crippen LogP contribution in [0.25, 0.3) is 27.8 Å². The first kappa shape index (κ1) is 18.4. The minimum Gasteiger partial charge on any atom is -0.478 e. The molecule has 0 atom stereocenters. The first-order valence-corrected chi connectivity index (χ1v) is 11.0. The molecule has 2 aromatic heterocycles. The lowest BCUT2D eigenvalue weighted by molar-refractivity contribution is 0.0697. The maximum absolute atomic E-state index is 11.8. The van der Waals surface area contributed by atoms with Crippen LogP contribution in [0.15, 0.2) is 42.5 Å². The van der Waals surface area contributed by atoms with E-state index in [1.165, 1.54) is 48.7 Å². The number of nitrogens with zero attached hydrogens (tertiary/aromatic N) is 4. The minimum atomic E-state index is -0.898. The lowest BCUT2D eigenvalue weighted by atomic mass is 9.81. The number of carboxylic acid groups (broad SMARTS) is 1. The van der Waals surface area contributed by atoms with Crippen LogP contribution in [0.2, 0.25) is 0 Å². The van der Waals surface area contributed by atoms with Gasteiger partial charge in [-0.1, -0.05) is 43.5 Å². The molecule has 156 valence electrons. The van der Waals surface area contributed by atoms with Crippen LogP contribution in [-0.4, -0.2) is 30.4 Å². The second kappa shape index (κ2) is 6.80. The van der Waals surface area contributed by atoms with Crippen LogP contribution in [0.1, 0.15) is 65.6 Å². The molecule has 0 spiro atoms. The predicted molar refractivity (Wildman–Crippen MR) is 119 cm³/mol. The van der Waals surface area contributed by atoms with Crippen LogP contribution in [-0.2, 0) is 6.54 Å². The molecule has 0 amide bonds. The number of benzene rings is 2. The van der Waals surface area contributed by atoms with Crippen molar-refractivity contribution in [2.45, 2.75) is 51.5 Å². The topological polar surface area (TPSA) is 72.9 Å². The molecular weight excluding hydrogens is 388 g/mol. The smallest absolute Gasteiger partial charge is 0.335 e. The summed E-state index contributed by atoms with van der Waals surface area (Å²) in [4.78, 5) is 11.8. The summed E-state index contributed by atoms with van der Waals surface area (Å²) in [5.41, 5.74) is 6.13. The second-order valence-electron chi connectivity index (χ2n) is 8.74. The molecule has 4 aromatic rings. The summed E-state index contributed by atoms with van der Waals surface area (Å²) < 4.78 is 4.41. The van der Waals surface area contributed by atoms with E-state index < -0.39 is 5.97 Å². The molecular formula is C25H24N4O2. The Hall–Kier alpha value is -3.41. The zero-order chi connectivity index (χ0) is 21.1. The van der Waals surface area contributed by atoms with Gasteiger partial charge < -0.3 is 9.67 Å². The number of aromatic carboxylic acids is 1. The van der Waals surface area contributed by atoms with Gasteiger partial charge in [0.25, 0.3) is 0 Å². The molecule has 31 heavy (non-hydrogen) atoms. The van der Waals surface area contributed by atoms with Crippen molar-refractivity contribution in [3.63, 3.8) is 0 Å². The van der Waals surface area contributed by atoms with Crippen molar-refractivity contribution in [2.75, 3.05) is 0 Å². The van der Waals surface area contributed by atoms with E-state index in [9.17, 15) is 9.90 Å². The van der Waals surface area contributed by atoms with Crippen molar-refractivity contribution < 1.29 is 9.90 Å². The highest BCUT2D eigenvalue weighted by atomic mass is 16.4. The van der Waals surface area contributed by atoms with Gasteiger partial charge in [0, 0.05) is 10.9 Å². The fourth-order valence-electron chi connectivity index (χ4n) is 5.60. The van der Waals surface area contributed by atoms with E-state index in [4.69, 9.17) is 0 Å². The molecule has 1 fully saturated rings. The molecule has 1 aliphatic heterocycles. The maximum Gasteiger partial charge on any atom is 0.335 e. The number of rotatable bonds is 2. The quantitative estimate of drug-likeness (QED) is 0.427. The van der Waals surface area contributed by atoms with E-state index in [0.717, 1.165) is 28.4 Å². The van der Waals surface area contributed by atoms with E-state index in [2.05, 4.69) is 43.6 Å². The zero-order valence-corrected chi connectivity index (χ0v) is 17.5. The van der Waals surface area contributed by atoms with Gasteiger partial charge in [-0.3, -0.25) is 4.57 Å². The third kappa shape index (κ3) is 2.67. The third-order valence-electron chi connectivity index (χ3n) is 6.96. The van der Waals surface area contributed by atoms with Crippen molar-refractivity contribution in [2.24, 2.45) is 0 Å². The summed E-state index contributed by atoms with van der Waals surface area (Å²) in [6.07, 6.45) is 6.15. The first-order valence-electron chi connectivity index (χ1n) is 11.0. The van der Waals surface area contributed by atoms with Crippen molar-refractivity contribution in [3.8, 4) is 16.9 Å². The molecule has 3 heterocycles.